The summed E-state index contributed by atoms with van der Waals surface area (Å²) in [5.74, 6) is 1.49. The molecule has 0 saturated carbocycles. The molecule has 0 bridgehead atoms. The molecule has 1 aliphatic heterocycles. The Morgan fingerprint density at radius 1 is 1.50 bits per heavy atom. The number of piperidine rings is 1. The minimum Gasteiger partial charge on any atom is -0.497 e. The van der Waals surface area contributed by atoms with Gasteiger partial charge in [0, 0.05) is 12.5 Å². The molecule has 1 aliphatic rings. The van der Waals surface area contributed by atoms with Gasteiger partial charge in [0.2, 0.25) is 5.91 Å². The van der Waals surface area contributed by atoms with Crippen LogP contribution in [0.25, 0.3) is 0 Å². The second-order valence-corrected chi connectivity index (χ2v) is 5.50. The van der Waals surface area contributed by atoms with Crippen molar-refractivity contribution in [3.05, 3.63) is 29.8 Å². The predicted molar refractivity (Wildman–Crippen MR) is 79.9 cm³/mol. The number of nitrogens with one attached hydrogen (secondary N) is 2. The van der Waals surface area contributed by atoms with E-state index in [2.05, 4.69) is 17.6 Å². The maximum atomic E-state index is 12.0. The van der Waals surface area contributed by atoms with Crippen molar-refractivity contribution in [1.29, 1.82) is 0 Å². The second kappa shape index (κ2) is 7.29. The standard InChI is InChI=1S/C16H24N2O2/c1-12-11-17-9-8-15(12)18-16(19)7-6-13-4-3-5-14(10-13)20-2/h3-5,10,12,15,17H,6-9,11H2,1-2H3,(H,18,19). The molecule has 1 saturated heterocycles. The lowest BCUT2D eigenvalue weighted by Crippen LogP contribution is -2.48. The Hall–Kier alpha value is -1.55. The maximum absolute atomic E-state index is 12.0. The lowest BCUT2D eigenvalue weighted by molar-refractivity contribution is -0.122. The largest absolute Gasteiger partial charge is 0.497 e. The van der Waals surface area contributed by atoms with Crippen molar-refractivity contribution in [2.24, 2.45) is 5.92 Å². The zero-order valence-corrected chi connectivity index (χ0v) is 12.3. The van der Waals surface area contributed by atoms with Crippen LogP contribution in [-0.2, 0) is 11.2 Å². The van der Waals surface area contributed by atoms with Gasteiger partial charge in [-0.2, -0.15) is 0 Å². The van der Waals surface area contributed by atoms with E-state index in [1.54, 1.807) is 7.11 Å². The van der Waals surface area contributed by atoms with Gasteiger partial charge in [0.1, 0.15) is 5.75 Å². The first-order valence-corrected chi connectivity index (χ1v) is 7.32. The normalized spacial score (nSPS) is 22.3. The first kappa shape index (κ1) is 14.9. The molecular weight excluding hydrogens is 252 g/mol. The highest BCUT2D eigenvalue weighted by Gasteiger charge is 2.22. The molecule has 1 heterocycles. The van der Waals surface area contributed by atoms with E-state index in [1.165, 1.54) is 0 Å². The van der Waals surface area contributed by atoms with Crippen LogP contribution in [0.1, 0.15) is 25.3 Å². The Bertz CT molecular complexity index is 448. The summed E-state index contributed by atoms with van der Waals surface area (Å²) in [6.07, 6.45) is 2.30. The van der Waals surface area contributed by atoms with Gasteiger partial charge in [-0.3, -0.25) is 4.79 Å². The average Bonchev–Trinajstić information content (AvgIpc) is 2.48. The molecule has 0 aliphatic carbocycles. The summed E-state index contributed by atoms with van der Waals surface area (Å²) in [6.45, 7) is 4.16. The molecule has 1 fully saturated rings. The molecule has 20 heavy (non-hydrogen) atoms. The molecule has 4 heteroatoms. The van der Waals surface area contributed by atoms with Gasteiger partial charge >= 0.3 is 0 Å². The van der Waals surface area contributed by atoms with E-state index < -0.39 is 0 Å². The van der Waals surface area contributed by atoms with Crippen molar-refractivity contribution in [2.45, 2.75) is 32.2 Å². The Labute approximate surface area is 120 Å². The molecule has 110 valence electrons. The van der Waals surface area contributed by atoms with Crippen molar-refractivity contribution in [3.63, 3.8) is 0 Å². The number of methoxy groups -OCH3 is 1. The number of rotatable bonds is 5. The van der Waals surface area contributed by atoms with Gasteiger partial charge in [-0.15, -0.1) is 0 Å². The predicted octanol–water partition coefficient (Wildman–Crippen LogP) is 1.74. The van der Waals surface area contributed by atoms with Crippen molar-refractivity contribution < 1.29 is 9.53 Å². The van der Waals surface area contributed by atoms with Crippen molar-refractivity contribution in [2.75, 3.05) is 20.2 Å². The molecule has 2 N–H and O–H groups in total. The Morgan fingerprint density at radius 3 is 3.10 bits per heavy atom. The molecule has 2 atom stereocenters. The maximum Gasteiger partial charge on any atom is 0.220 e. The van der Waals surface area contributed by atoms with Crippen LogP contribution < -0.4 is 15.4 Å². The molecule has 1 aromatic rings. The molecule has 2 rings (SSSR count). The summed E-state index contributed by atoms with van der Waals surface area (Å²) >= 11 is 0. The first-order chi connectivity index (χ1) is 9.69. The van der Waals surface area contributed by atoms with Crippen LogP contribution >= 0.6 is 0 Å². The summed E-state index contributed by atoms with van der Waals surface area (Å²) in [4.78, 5) is 12.0. The van der Waals surface area contributed by atoms with E-state index >= 15 is 0 Å². The Balaban J connectivity index is 1.79. The molecule has 0 spiro atoms. The van der Waals surface area contributed by atoms with Crippen LogP contribution in [0.5, 0.6) is 5.75 Å². The van der Waals surface area contributed by atoms with Gasteiger partial charge in [0.15, 0.2) is 0 Å². The van der Waals surface area contributed by atoms with Gasteiger partial charge in [0.05, 0.1) is 7.11 Å². The number of hydrogen-bond donors (Lipinski definition) is 2. The highest BCUT2D eigenvalue weighted by Crippen LogP contribution is 2.14. The van der Waals surface area contributed by atoms with Crippen molar-refractivity contribution >= 4 is 5.91 Å². The summed E-state index contributed by atoms with van der Waals surface area (Å²) in [5, 5.41) is 6.50. The van der Waals surface area contributed by atoms with Gasteiger partial charge < -0.3 is 15.4 Å². The summed E-state index contributed by atoms with van der Waals surface area (Å²) in [6, 6.07) is 8.21. The van der Waals surface area contributed by atoms with Gasteiger partial charge in [0.25, 0.3) is 0 Å². The molecular formula is C16H24N2O2. The van der Waals surface area contributed by atoms with Crippen LogP contribution in [0.4, 0.5) is 0 Å². The number of aryl methyl sites for hydroxylation is 1. The topological polar surface area (TPSA) is 50.4 Å². The van der Waals surface area contributed by atoms with Gasteiger partial charge in [-0.25, -0.2) is 0 Å². The lowest BCUT2D eigenvalue weighted by atomic mass is 9.95. The van der Waals surface area contributed by atoms with E-state index in [0.29, 0.717) is 18.4 Å². The van der Waals surface area contributed by atoms with Crippen molar-refractivity contribution in [1.82, 2.24) is 10.6 Å². The Morgan fingerprint density at radius 2 is 2.35 bits per heavy atom. The van der Waals surface area contributed by atoms with E-state index in [0.717, 1.165) is 37.2 Å². The van der Waals surface area contributed by atoms with E-state index in [4.69, 9.17) is 4.74 Å². The Kier molecular flexibility index (Phi) is 5.41. The van der Waals surface area contributed by atoms with Crippen LogP contribution in [0.15, 0.2) is 24.3 Å². The minimum absolute atomic E-state index is 0.145. The summed E-state index contributed by atoms with van der Waals surface area (Å²) in [5.41, 5.74) is 1.14. The highest BCUT2D eigenvalue weighted by molar-refractivity contribution is 5.76. The van der Waals surface area contributed by atoms with Crippen LogP contribution in [0.2, 0.25) is 0 Å². The second-order valence-electron chi connectivity index (χ2n) is 5.50. The lowest BCUT2D eigenvalue weighted by Gasteiger charge is -2.30. The van der Waals surface area contributed by atoms with Crippen LogP contribution in [-0.4, -0.2) is 32.1 Å². The van der Waals surface area contributed by atoms with E-state index in [-0.39, 0.29) is 5.91 Å². The van der Waals surface area contributed by atoms with Crippen LogP contribution in [0.3, 0.4) is 0 Å². The fourth-order valence-electron chi connectivity index (χ4n) is 2.59. The minimum atomic E-state index is 0.145. The van der Waals surface area contributed by atoms with Crippen molar-refractivity contribution in [3.8, 4) is 5.75 Å². The van der Waals surface area contributed by atoms with E-state index in [9.17, 15) is 4.79 Å². The zero-order valence-electron chi connectivity index (χ0n) is 12.3. The molecule has 0 aromatic heterocycles. The van der Waals surface area contributed by atoms with Gasteiger partial charge in [-0.1, -0.05) is 19.1 Å². The molecule has 1 aromatic carbocycles. The third kappa shape index (κ3) is 4.23. The summed E-state index contributed by atoms with van der Waals surface area (Å²) < 4.78 is 5.19. The number of benzene rings is 1. The quantitative estimate of drug-likeness (QED) is 0.861. The monoisotopic (exact) mass is 276 g/mol. The summed E-state index contributed by atoms with van der Waals surface area (Å²) in [7, 11) is 1.66. The fraction of sp³-hybridized carbons (Fsp3) is 0.562. The fourth-order valence-corrected chi connectivity index (χ4v) is 2.59. The smallest absolute Gasteiger partial charge is 0.220 e. The molecule has 1 amide bonds. The third-order valence-corrected chi connectivity index (χ3v) is 3.91. The number of carbonyl (C=O) groups is 1. The average molecular weight is 276 g/mol. The van der Waals surface area contributed by atoms with Crippen LogP contribution in [0, 0.1) is 5.92 Å². The highest BCUT2D eigenvalue weighted by atomic mass is 16.5. The molecule has 0 radical (unpaired) electrons. The number of hydrogen-bond acceptors (Lipinski definition) is 3. The third-order valence-electron chi connectivity index (χ3n) is 3.91. The molecule has 2 unspecified atom stereocenters. The number of ether oxygens (including phenoxy) is 1. The number of carbonyl (C=O) groups excluding carboxylic acids is 1. The van der Waals surface area contributed by atoms with Gasteiger partial charge in [-0.05, 0) is 49.5 Å². The first-order valence-electron chi connectivity index (χ1n) is 7.32. The molecule has 4 nitrogen and oxygen atoms in total. The zero-order chi connectivity index (χ0) is 14.4. The SMILES string of the molecule is COc1cccc(CCC(=O)NC2CCNCC2C)c1. The van der Waals surface area contributed by atoms with E-state index in [1.807, 2.05) is 24.3 Å². The number of amides is 1.